The normalized spacial score (nSPS) is 15.5. The van der Waals surface area contributed by atoms with E-state index in [0.29, 0.717) is 5.56 Å². The van der Waals surface area contributed by atoms with E-state index in [4.69, 9.17) is 9.57 Å². The number of carboxylic acid groups (broad SMARTS) is 1. The van der Waals surface area contributed by atoms with Gasteiger partial charge in [-0.2, -0.15) is 0 Å². The zero-order valence-electron chi connectivity index (χ0n) is 14.6. The molecule has 0 saturated carbocycles. The van der Waals surface area contributed by atoms with Gasteiger partial charge in [0.1, 0.15) is 5.60 Å². The van der Waals surface area contributed by atoms with Crippen LogP contribution in [0.25, 0.3) is 0 Å². The van der Waals surface area contributed by atoms with Gasteiger partial charge in [-0.3, -0.25) is 0 Å². The summed E-state index contributed by atoms with van der Waals surface area (Å²) in [4.78, 5) is 28.8. The van der Waals surface area contributed by atoms with Crippen molar-refractivity contribution in [1.82, 2.24) is 5.06 Å². The van der Waals surface area contributed by atoms with Gasteiger partial charge in [0, 0.05) is 13.5 Å². The molecule has 134 valence electrons. The van der Waals surface area contributed by atoms with E-state index < -0.39 is 29.4 Å². The smallest absolute Gasteiger partial charge is 0.480 e. The molecule has 0 radical (unpaired) electrons. The second kappa shape index (κ2) is 7.63. The Kier molecular flexibility index (Phi) is 6.34. The van der Waals surface area contributed by atoms with Crippen molar-refractivity contribution < 1.29 is 29.4 Å². The van der Waals surface area contributed by atoms with Gasteiger partial charge in [-0.15, -0.1) is 5.06 Å². The largest absolute Gasteiger partial charge is 0.528 e. The van der Waals surface area contributed by atoms with Gasteiger partial charge < -0.3 is 19.8 Å². The van der Waals surface area contributed by atoms with Crippen LogP contribution in [0.2, 0.25) is 0 Å². The van der Waals surface area contributed by atoms with Gasteiger partial charge in [0.25, 0.3) is 0 Å². The lowest BCUT2D eigenvalue weighted by Crippen LogP contribution is -2.61. The Hall–Kier alpha value is -2.12. The summed E-state index contributed by atoms with van der Waals surface area (Å²) in [5.41, 5.74) is -1.95. The van der Waals surface area contributed by atoms with Crippen molar-refractivity contribution >= 4 is 12.1 Å². The molecular weight excluding hydrogens is 314 g/mol. The average Bonchev–Trinajstić information content (AvgIpc) is 2.42. The number of likely N-dealkylation sites (N-methyl/N-ethyl adjacent to an activating group) is 1. The Morgan fingerprint density at radius 3 is 2.17 bits per heavy atom. The van der Waals surface area contributed by atoms with Gasteiger partial charge in [0.15, 0.2) is 5.54 Å². The molecule has 1 rings (SSSR count). The van der Waals surface area contributed by atoms with Crippen LogP contribution in [-0.2, 0) is 20.8 Å². The van der Waals surface area contributed by atoms with Crippen molar-refractivity contribution in [2.45, 2.75) is 51.4 Å². The van der Waals surface area contributed by atoms with E-state index in [2.05, 4.69) is 0 Å². The number of hydrogen-bond donors (Lipinski definition) is 2. The van der Waals surface area contributed by atoms with Crippen LogP contribution in [0, 0.1) is 0 Å². The first-order chi connectivity index (χ1) is 11.0. The third-order valence-corrected chi connectivity index (χ3v) is 3.54. The number of carbonyl (C=O) groups excluding carboxylic acids is 1. The monoisotopic (exact) mass is 339 g/mol. The first kappa shape index (κ1) is 19.9. The molecule has 0 bridgehead atoms. The number of aliphatic carboxylic acids is 1. The molecule has 7 heteroatoms. The number of benzene rings is 1. The Bertz CT molecular complexity index is 566. The highest BCUT2D eigenvalue weighted by Gasteiger charge is 2.50. The van der Waals surface area contributed by atoms with E-state index in [0.717, 1.165) is 5.06 Å². The number of aliphatic hydroxyl groups excluding tert-OH is 1. The fraction of sp³-hybridized carbons (Fsp3) is 0.529. The molecule has 0 spiro atoms. The van der Waals surface area contributed by atoms with Gasteiger partial charge in [-0.05, 0) is 33.3 Å². The molecular formula is C17H25NO6. The highest BCUT2D eigenvalue weighted by molar-refractivity contribution is 5.80. The lowest BCUT2D eigenvalue weighted by Gasteiger charge is -2.38. The van der Waals surface area contributed by atoms with Crippen molar-refractivity contribution in [3.63, 3.8) is 0 Å². The minimum Gasteiger partial charge on any atom is -0.480 e. The first-order valence-electron chi connectivity index (χ1n) is 7.59. The zero-order chi connectivity index (χ0) is 18.5. The molecule has 0 fully saturated rings. The van der Waals surface area contributed by atoms with Gasteiger partial charge in [-0.25, -0.2) is 9.59 Å². The fourth-order valence-corrected chi connectivity index (χ4v) is 2.28. The third-order valence-electron chi connectivity index (χ3n) is 3.54. The van der Waals surface area contributed by atoms with E-state index in [1.807, 2.05) is 0 Å². The number of carboxylic acids is 1. The lowest BCUT2D eigenvalue weighted by molar-refractivity contribution is -0.218. The van der Waals surface area contributed by atoms with Crippen LogP contribution in [0.3, 0.4) is 0 Å². The maximum Gasteiger partial charge on any atom is 0.528 e. The number of hydroxylamine groups is 2. The SMILES string of the molecule is C[C@@H](O)[C@@](Cc1ccccc1)(C(=O)O)N(C)OC(=O)OC(C)(C)C. The number of nitrogens with zero attached hydrogens (tertiary/aromatic N) is 1. The van der Waals surface area contributed by atoms with Crippen LogP contribution in [-0.4, -0.2) is 51.7 Å². The molecule has 2 N–H and O–H groups in total. The Labute approximate surface area is 141 Å². The molecule has 1 aromatic carbocycles. The molecule has 7 nitrogen and oxygen atoms in total. The summed E-state index contributed by atoms with van der Waals surface area (Å²) in [5, 5.41) is 20.7. The summed E-state index contributed by atoms with van der Waals surface area (Å²) < 4.78 is 5.04. The second-order valence-electron chi connectivity index (χ2n) is 6.62. The molecule has 0 saturated heterocycles. The molecule has 1 aromatic rings. The maximum atomic E-state index is 11.9. The van der Waals surface area contributed by atoms with Crippen molar-refractivity contribution in [2.24, 2.45) is 0 Å². The van der Waals surface area contributed by atoms with Crippen LogP contribution < -0.4 is 0 Å². The number of hydrogen-bond acceptors (Lipinski definition) is 6. The highest BCUT2D eigenvalue weighted by atomic mass is 16.8. The van der Waals surface area contributed by atoms with Crippen molar-refractivity contribution in [3.05, 3.63) is 35.9 Å². The molecule has 0 aliphatic rings. The highest BCUT2D eigenvalue weighted by Crippen LogP contribution is 2.26. The Morgan fingerprint density at radius 1 is 1.21 bits per heavy atom. The van der Waals surface area contributed by atoms with E-state index in [9.17, 15) is 19.8 Å². The number of carbonyl (C=O) groups is 2. The predicted octanol–water partition coefficient (Wildman–Crippen LogP) is 2.23. The van der Waals surface area contributed by atoms with Crippen molar-refractivity contribution in [1.29, 1.82) is 0 Å². The second-order valence-corrected chi connectivity index (χ2v) is 6.62. The van der Waals surface area contributed by atoms with E-state index >= 15 is 0 Å². The molecule has 0 aliphatic carbocycles. The number of ether oxygens (including phenoxy) is 1. The van der Waals surface area contributed by atoms with Crippen LogP contribution in [0.1, 0.15) is 33.3 Å². The van der Waals surface area contributed by atoms with E-state index in [1.54, 1.807) is 51.1 Å². The average molecular weight is 339 g/mol. The Morgan fingerprint density at radius 2 is 1.75 bits per heavy atom. The van der Waals surface area contributed by atoms with Gasteiger partial charge in [0.2, 0.25) is 0 Å². The van der Waals surface area contributed by atoms with Gasteiger partial charge in [0.05, 0.1) is 6.10 Å². The van der Waals surface area contributed by atoms with E-state index in [-0.39, 0.29) is 6.42 Å². The summed E-state index contributed by atoms with van der Waals surface area (Å²) in [5.74, 6) is -1.31. The van der Waals surface area contributed by atoms with Crippen LogP contribution in [0.5, 0.6) is 0 Å². The number of rotatable bonds is 6. The quantitative estimate of drug-likeness (QED) is 0.606. The van der Waals surface area contributed by atoms with Gasteiger partial charge >= 0.3 is 12.1 Å². The molecule has 24 heavy (non-hydrogen) atoms. The third kappa shape index (κ3) is 4.94. The van der Waals surface area contributed by atoms with Gasteiger partial charge in [-0.1, -0.05) is 30.3 Å². The minimum absolute atomic E-state index is 0.0554. The zero-order valence-corrected chi connectivity index (χ0v) is 14.6. The van der Waals surface area contributed by atoms with Crippen LogP contribution in [0.4, 0.5) is 4.79 Å². The summed E-state index contributed by atoms with van der Waals surface area (Å²) in [6, 6.07) is 8.80. The van der Waals surface area contributed by atoms with Crippen molar-refractivity contribution in [3.8, 4) is 0 Å². The summed E-state index contributed by atoms with van der Waals surface area (Å²) in [6.45, 7) is 6.33. The summed E-state index contributed by atoms with van der Waals surface area (Å²) >= 11 is 0. The molecule has 0 heterocycles. The minimum atomic E-state index is -1.85. The molecule has 2 atom stereocenters. The molecule has 0 aliphatic heterocycles. The lowest BCUT2D eigenvalue weighted by atomic mass is 9.85. The summed E-state index contributed by atoms with van der Waals surface area (Å²) in [6.07, 6.45) is -2.41. The summed E-state index contributed by atoms with van der Waals surface area (Å²) in [7, 11) is 1.29. The molecule has 0 amide bonds. The van der Waals surface area contributed by atoms with Crippen LogP contribution >= 0.6 is 0 Å². The maximum absolute atomic E-state index is 11.9. The van der Waals surface area contributed by atoms with Crippen LogP contribution in [0.15, 0.2) is 30.3 Å². The molecule has 0 aromatic heterocycles. The standard InChI is InChI=1S/C17H25NO6/c1-12(19)17(14(20)21,11-13-9-7-6-8-10-13)18(5)24-15(22)23-16(2,3)4/h6-10,12,19H,11H2,1-5H3,(H,20,21)/t12-,17+/m1/s1. The topological polar surface area (TPSA) is 96.3 Å². The van der Waals surface area contributed by atoms with Crippen molar-refractivity contribution in [2.75, 3.05) is 7.05 Å². The van der Waals surface area contributed by atoms with E-state index in [1.165, 1.54) is 14.0 Å². The predicted molar refractivity (Wildman–Crippen MR) is 87.3 cm³/mol. The Balaban J connectivity index is 3.08. The molecule has 0 unspecified atom stereocenters. The first-order valence-corrected chi connectivity index (χ1v) is 7.59. The fourth-order valence-electron chi connectivity index (χ4n) is 2.28. The number of aliphatic hydroxyl groups is 1.